The van der Waals surface area contributed by atoms with Crippen LogP contribution < -0.4 is 0 Å². The van der Waals surface area contributed by atoms with E-state index in [0.717, 1.165) is 29.5 Å². The summed E-state index contributed by atoms with van der Waals surface area (Å²) in [6.45, 7) is 2.87. The number of benzene rings is 2. The number of para-hydroxylation sites is 1. The fourth-order valence-corrected chi connectivity index (χ4v) is 3.87. The molecule has 0 N–H and O–H groups in total. The third kappa shape index (κ3) is 3.66. The molecule has 152 valence electrons. The predicted molar refractivity (Wildman–Crippen MR) is 114 cm³/mol. The lowest BCUT2D eigenvalue weighted by atomic mass is 10.1. The Morgan fingerprint density at radius 3 is 2.57 bits per heavy atom. The van der Waals surface area contributed by atoms with Gasteiger partial charge in [-0.25, -0.2) is 14.8 Å². The summed E-state index contributed by atoms with van der Waals surface area (Å²) in [5, 5.41) is 0. The summed E-state index contributed by atoms with van der Waals surface area (Å²) >= 11 is 0. The topological polar surface area (TPSA) is 63.0 Å². The summed E-state index contributed by atoms with van der Waals surface area (Å²) in [6.07, 6.45) is 4.26. The van der Waals surface area contributed by atoms with Crippen molar-refractivity contribution < 1.29 is 9.53 Å². The smallest absolute Gasteiger partial charge is 0.410 e. The lowest BCUT2D eigenvalue weighted by Gasteiger charge is -2.35. The molecule has 0 spiro atoms. The van der Waals surface area contributed by atoms with E-state index in [1.54, 1.807) is 4.90 Å². The number of aliphatic imine (C=N–C) groups is 1. The van der Waals surface area contributed by atoms with Gasteiger partial charge < -0.3 is 14.5 Å². The predicted octanol–water partition coefficient (Wildman–Crippen LogP) is 3.28. The monoisotopic (exact) mass is 401 g/mol. The number of nitrogens with zero attached hydrogens (tertiary/aromatic N) is 5. The van der Waals surface area contributed by atoms with Gasteiger partial charge in [0.15, 0.2) is 0 Å². The number of imidazole rings is 1. The summed E-state index contributed by atoms with van der Waals surface area (Å²) in [4.78, 5) is 25.9. The molecular formula is C23H23N5O2. The Labute approximate surface area is 175 Å². The Morgan fingerprint density at radius 2 is 1.73 bits per heavy atom. The van der Waals surface area contributed by atoms with Crippen molar-refractivity contribution in [1.82, 2.24) is 19.4 Å². The molecule has 30 heavy (non-hydrogen) atoms. The van der Waals surface area contributed by atoms with E-state index < -0.39 is 0 Å². The number of aromatic nitrogens is 2. The zero-order chi connectivity index (χ0) is 20.3. The van der Waals surface area contributed by atoms with Gasteiger partial charge in [-0.1, -0.05) is 48.5 Å². The first-order valence-electron chi connectivity index (χ1n) is 10.2. The van der Waals surface area contributed by atoms with Crippen molar-refractivity contribution in [2.45, 2.75) is 13.0 Å². The van der Waals surface area contributed by atoms with Crippen LogP contribution in [-0.2, 0) is 17.8 Å². The van der Waals surface area contributed by atoms with E-state index in [1.165, 1.54) is 5.56 Å². The highest BCUT2D eigenvalue weighted by Gasteiger charge is 2.27. The molecule has 2 aliphatic rings. The van der Waals surface area contributed by atoms with Crippen LogP contribution in [0.2, 0.25) is 0 Å². The van der Waals surface area contributed by atoms with Crippen LogP contribution in [0, 0.1) is 0 Å². The standard InChI is InChI=1S/C23H23N5O2/c29-23(30-17-18-6-2-1-3-7-18)27-14-12-26(13-15-27)22-25-20-9-5-4-8-19(20)16-21-24-10-11-28(21)22/h1-11H,12-17H2. The molecule has 0 unspecified atom stereocenters. The summed E-state index contributed by atoms with van der Waals surface area (Å²) in [5.41, 5.74) is 3.13. The van der Waals surface area contributed by atoms with Gasteiger partial charge in [0.1, 0.15) is 12.4 Å². The first-order chi connectivity index (χ1) is 14.8. The van der Waals surface area contributed by atoms with Crippen LogP contribution in [0.5, 0.6) is 0 Å². The molecule has 2 aliphatic heterocycles. The highest BCUT2D eigenvalue weighted by Crippen LogP contribution is 2.26. The molecule has 0 bridgehead atoms. The minimum Gasteiger partial charge on any atom is -0.445 e. The molecule has 7 nitrogen and oxygen atoms in total. The van der Waals surface area contributed by atoms with Crippen molar-refractivity contribution in [2.24, 2.45) is 4.99 Å². The van der Waals surface area contributed by atoms with Crippen LogP contribution in [0.15, 0.2) is 72.0 Å². The number of hydrogen-bond donors (Lipinski definition) is 0. The van der Waals surface area contributed by atoms with Crippen molar-refractivity contribution >= 4 is 17.7 Å². The zero-order valence-corrected chi connectivity index (χ0v) is 16.6. The highest BCUT2D eigenvalue weighted by atomic mass is 16.6. The van der Waals surface area contributed by atoms with Crippen LogP contribution in [-0.4, -0.2) is 57.6 Å². The van der Waals surface area contributed by atoms with E-state index in [4.69, 9.17) is 9.73 Å². The Morgan fingerprint density at radius 1 is 0.967 bits per heavy atom. The third-order valence-corrected chi connectivity index (χ3v) is 5.52. The number of amides is 1. The summed E-state index contributed by atoms with van der Waals surface area (Å²) in [6, 6.07) is 17.9. The molecule has 0 radical (unpaired) electrons. The van der Waals surface area contributed by atoms with Crippen LogP contribution in [0.4, 0.5) is 10.5 Å². The number of rotatable bonds is 2. The van der Waals surface area contributed by atoms with Gasteiger partial charge in [0.05, 0.1) is 5.69 Å². The second kappa shape index (κ2) is 8.02. The number of piperazine rings is 1. The molecule has 1 fully saturated rings. The minimum atomic E-state index is -0.269. The van der Waals surface area contributed by atoms with Crippen molar-refractivity contribution in [3.05, 3.63) is 83.9 Å². The number of fused-ring (bicyclic) bond motifs is 2. The summed E-state index contributed by atoms with van der Waals surface area (Å²) < 4.78 is 7.54. The summed E-state index contributed by atoms with van der Waals surface area (Å²) in [5.74, 6) is 1.84. The zero-order valence-electron chi connectivity index (χ0n) is 16.6. The normalized spacial score (nSPS) is 15.7. The van der Waals surface area contributed by atoms with Crippen LogP contribution in [0.3, 0.4) is 0 Å². The van der Waals surface area contributed by atoms with Gasteiger partial charge in [0.25, 0.3) is 0 Å². The van der Waals surface area contributed by atoms with Crippen LogP contribution in [0.25, 0.3) is 0 Å². The van der Waals surface area contributed by atoms with E-state index in [1.807, 2.05) is 60.9 Å². The molecule has 1 aromatic heterocycles. The molecule has 0 atom stereocenters. The number of carbonyl (C=O) groups excluding carboxylic acids is 1. The average Bonchev–Trinajstić information content (AvgIpc) is 3.19. The number of ether oxygens (including phenoxy) is 1. The first kappa shape index (κ1) is 18.4. The quantitative estimate of drug-likeness (QED) is 0.661. The van der Waals surface area contributed by atoms with Gasteiger partial charge in [-0.15, -0.1) is 0 Å². The van der Waals surface area contributed by atoms with Crippen molar-refractivity contribution in [1.29, 1.82) is 0 Å². The molecule has 5 rings (SSSR count). The van der Waals surface area contributed by atoms with E-state index in [0.29, 0.717) is 32.8 Å². The Kier molecular flexibility index (Phi) is 4.93. The minimum absolute atomic E-state index is 0.269. The molecule has 3 aromatic rings. The van der Waals surface area contributed by atoms with Crippen LogP contribution in [0.1, 0.15) is 17.0 Å². The Balaban J connectivity index is 1.27. The second-order valence-corrected chi connectivity index (χ2v) is 7.45. The lowest BCUT2D eigenvalue weighted by molar-refractivity contribution is 0.0821. The number of hydrogen-bond acceptors (Lipinski definition) is 5. The molecule has 1 saturated heterocycles. The molecule has 2 aromatic carbocycles. The highest BCUT2D eigenvalue weighted by molar-refractivity contribution is 5.87. The van der Waals surface area contributed by atoms with Crippen molar-refractivity contribution in [3.63, 3.8) is 0 Å². The molecule has 3 heterocycles. The van der Waals surface area contributed by atoms with E-state index >= 15 is 0 Å². The SMILES string of the molecule is O=C(OCc1ccccc1)N1CCN(C2=Nc3ccccc3Cc3nccn32)CC1. The van der Waals surface area contributed by atoms with Gasteiger partial charge in [0, 0.05) is 45.0 Å². The second-order valence-electron chi connectivity index (χ2n) is 7.45. The Bertz CT molecular complexity index is 1070. The average molecular weight is 401 g/mol. The fourth-order valence-electron chi connectivity index (χ4n) is 3.87. The first-order valence-corrected chi connectivity index (χ1v) is 10.2. The van der Waals surface area contributed by atoms with Gasteiger partial charge in [-0.05, 0) is 17.2 Å². The molecule has 1 amide bonds. The number of carbonyl (C=O) groups is 1. The maximum absolute atomic E-state index is 12.5. The molecule has 7 heteroatoms. The van der Waals surface area contributed by atoms with E-state index in [2.05, 4.69) is 20.5 Å². The lowest BCUT2D eigenvalue weighted by Crippen LogP contribution is -2.52. The maximum Gasteiger partial charge on any atom is 0.410 e. The van der Waals surface area contributed by atoms with Crippen molar-refractivity contribution in [2.75, 3.05) is 26.2 Å². The van der Waals surface area contributed by atoms with E-state index in [-0.39, 0.29) is 6.09 Å². The third-order valence-electron chi connectivity index (χ3n) is 5.52. The van der Waals surface area contributed by atoms with Gasteiger partial charge in [0.2, 0.25) is 5.96 Å². The van der Waals surface area contributed by atoms with E-state index in [9.17, 15) is 4.79 Å². The van der Waals surface area contributed by atoms with Crippen LogP contribution >= 0.6 is 0 Å². The van der Waals surface area contributed by atoms with Crippen molar-refractivity contribution in [3.8, 4) is 0 Å². The largest absolute Gasteiger partial charge is 0.445 e. The summed E-state index contributed by atoms with van der Waals surface area (Å²) in [7, 11) is 0. The van der Waals surface area contributed by atoms with Gasteiger partial charge in [-0.3, -0.25) is 4.57 Å². The molecule has 0 aliphatic carbocycles. The van der Waals surface area contributed by atoms with Gasteiger partial charge in [-0.2, -0.15) is 0 Å². The molecular weight excluding hydrogens is 378 g/mol. The fraction of sp³-hybridized carbons (Fsp3) is 0.261. The van der Waals surface area contributed by atoms with Gasteiger partial charge >= 0.3 is 6.09 Å². The maximum atomic E-state index is 12.5. The molecule has 0 saturated carbocycles. The Hall–Kier alpha value is -3.61.